The van der Waals surface area contributed by atoms with Crippen molar-refractivity contribution in [3.05, 3.63) is 29.8 Å². The van der Waals surface area contributed by atoms with Crippen molar-refractivity contribution in [3.8, 4) is 0 Å². The van der Waals surface area contributed by atoms with Crippen LogP contribution in [0.1, 0.15) is 45.1 Å². The molecule has 0 radical (unpaired) electrons. The van der Waals surface area contributed by atoms with Gasteiger partial charge < -0.3 is 16.0 Å². The molecule has 2 rings (SSSR count). The second kappa shape index (κ2) is 6.16. The van der Waals surface area contributed by atoms with Crippen molar-refractivity contribution < 1.29 is 4.79 Å². The monoisotopic (exact) mass is 275 g/mol. The predicted octanol–water partition coefficient (Wildman–Crippen LogP) is 3.09. The van der Waals surface area contributed by atoms with E-state index in [2.05, 4.69) is 5.32 Å². The highest BCUT2D eigenvalue weighted by molar-refractivity contribution is 5.75. The number of nitrogen functional groups attached to an aromatic ring is 1. The maximum atomic E-state index is 12.4. The third-order valence-corrected chi connectivity index (χ3v) is 4.32. The summed E-state index contributed by atoms with van der Waals surface area (Å²) in [4.78, 5) is 14.2. The van der Waals surface area contributed by atoms with Crippen molar-refractivity contribution >= 4 is 11.7 Å². The molecule has 0 saturated heterocycles. The lowest BCUT2D eigenvalue weighted by molar-refractivity contribution is 0.187. The van der Waals surface area contributed by atoms with E-state index in [4.69, 9.17) is 5.73 Å². The van der Waals surface area contributed by atoms with Crippen LogP contribution in [0, 0.1) is 0 Å². The average molecular weight is 275 g/mol. The number of nitrogens with one attached hydrogen (secondary N) is 1. The number of benzene rings is 1. The zero-order valence-corrected chi connectivity index (χ0v) is 12.5. The lowest BCUT2D eigenvalue weighted by atomic mass is 9.88. The highest BCUT2D eigenvalue weighted by atomic mass is 16.2. The molecular weight excluding hydrogens is 250 g/mol. The van der Waals surface area contributed by atoms with E-state index in [-0.39, 0.29) is 11.6 Å². The first-order chi connectivity index (χ1) is 9.61. The van der Waals surface area contributed by atoms with Gasteiger partial charge in [-0.25, -0.2) is 4.79 Å². The van der Waals surface area contributed by atoms with E-state index in [1.165, 1.54) is 5.56 Å². The molecule has 0 heterocycles. The Labute approximate surface area is 121 Å². The van der Waals surface area contributed by atoms with E-state index < -0.39 is 0 Å². The molecule has 2 amide bonds. The SMILES string of the molecule is CCN(CC)C(=O)NC1(c2ccc(N)cc2)CCCC1. The fourth-order valence-corrected chi connectivity index (χ4v) is 3.06. The van der Waals surface area contributed by atoms with E-state index >= 15 is 0 Å². The summed E-state index contributed by atoms with van der Waals surface area (Å²) < 4.78 is 0. The number of nitrogens with two attached hydrogens (primary N) is 1. The molecule has 4 nitrogen and oxygen atoms in total. The molecule has 1 aromatic rings. The van der Waals surface area contributed by atoms with Gasteiger partial charge >= 0.3 is 6.03 Å². The molecule has 1 aliphatic rings. The summed E-state index contributed by atoms with van der Waals surface area (Å²) in [5.41, 5.74) is 7.48. The molecule has 0 spiro atoms. The second-order valence-corrected chi connectivity index (χ2v) is 5.51. The number of rotatable bonds is 4. The van der Waals surface area contributed by atoms with Gasteiger partial charge in [-0.3, -0.25) is 0 Å². The molecule has 110 valence electrons. The Morgan fingerprint density at radius 3 is 2.25 bits per heavy atom. The normalized spacial score (nSPS) is 16.9. The number of amides is 2. The van der Waals surface area contributed by atoms with Crippen molar-refractivity contribution in [1.82, 2.24) is 10.2 Å². The van der Waals surface area contributed by atoms with Gasteiger partial charge in [-0.1, -0.05) is 25.0 Å². The largest absolute Gasteiger partial charge is 0.399 e. The second-order valence-electron chi connectivity index (χ2n) is 5.51. The summed E-state index contributed by atoms with van der Waals surface area (Å²) in [5, 5.41) is 3.28. The van der Waals surface area contributed by atoms with Crippen LogP contribution in [-0.2, 0) is 5.54 Å². The highest BCUT2D eigenvalue weighted by Crippen LogP contribution is 2.39. The zero-order valence-electron chi connectivity index (χ0n) is 12.5. The zero-order chi connectivity index (χ0) is 14.6. The van der Waals surface area contributed by atoms with Crippen molar-refractivity contribution in [3.63, 3.8) is 0 Å². The average Bonchev–Trinajstić information content (AvgIpc) is 2.90. The first-order valence-corrected chi connectivity index (χ1v) is 7.54. The summed E-state index contributed by atoms with van der Waals surface area (Å²) in [6.45, 7) is 5.49. The first-order valence-electron chi connectivity index (χ1n) is 7.54. The molecule has 0 unspecified atom stereocenters. The van der Waals surface area contributed by atoms with Crippen LogP contribution in [0.25, 0.3) is 0 Å². The summed E-state index contributed by atoms with van der Waals surface area (Å²) in [7, 11) is 0. The van der Waals surface area contributed by atoms with E-state index in [0.29, 0.717) is 0 Å². The Hall–Kier alpha value is -1.71. The Balaban J connectivity index is 2.22. The molecule has 20 heavy (non-hydrogen) atoms. The fraction of sp³-hybridized carbons (Fsp3) is 0.562. The maximum absolute atomic E-state index is 12.4. The third-order valence-electron chi connectivity index (χ3n) is 4.32. The Kier molecular flexibility index (Phi) is 4.53. The molecule has 1 fully saturated rings. The summed E-state index contributed by atoms with van der Waals surface area (Å²) in [6.07, 6.45) is 4.32. The van der Waals surface area contributed by atoms with E-state index in [1.54, 1.807) is 0 Å². The summed E-state index contributed by atoms with van der Waals surface area (Å²) >= 11 is 0. The molecule has 1 aliphatic carbocycles. The minimum absolute atomic E-state index is 0.0359. The van der Waals surface area contributed by atoms with Gasteiger partial charge in [0.2, 0.25) is 0 Å². The van der Waals surface area contributed by atoms with Crippen LogP contribution in [0.2, 0.25) is 0 Å². The lowest BCUT2D eigenvalue weighted by Gasteiger charge is -2.33. The molecule has 0 aliphatic heterocycles. The van der Waals surface area contributed by atoms with Crippen LogP contribution >= 0.6 is 0 Å². The van der Waals surface area contributed by atoms with Gasteiger partial charge in [-0.2, -0.15) is 0 Å². The molecule has 3 N–H and O–H groups in total. The summed E-state index contributed by atoms with van der Waals surface area (Å²) in [5.74, 6) is 0. The van der Waals surface area contributed by atoms with Crippen molar-refractivity contribution in [1.29, 1.82) is 0 Å². The number of hydrogen-bond donors (Lipinski definition) is 2. The van der Waals surface area contributed by atoms with Gasteiger partial charge in [-0.15, -0.1) is 0 Å². The van der Waals surface area contributed by atoms with Crippen molar-refractivity contribution in [2.75, 3.05) is 18.8 Å². The number of nitrogens with zero attached hydrogens (tertiary/aromatic N) is 1. The molecule has 1 saturated carbocycles. The third kappa shape index (κ3) is 2.89. The van der Waals surface area contributed by atoms with E-state index in [9.17, 15) is 4.79 Å². The maximum Gasteiger partial charge on any atom is 0.318 e. The number of urea groups is 1. The topological polar surface area (TPSA) is 58.4 Å². The van der Waals surface area contributed by atoms with Crippen LogP contribution < -0.4 is 11.1 Å². The fourth-order valence-electron chi connectivity index (χ4n) is 3.06. The quantitative estimate of drug-likeness (QED) is 0.830. The van der Waals surface area contributed by atoms with E-state index in [0.717, 1.165) is 44.5 Å². The smallest absolute Gasteiger partial charge is 0.318 e. The number of carbonyl (C=O) groups is 1. The highest BCUT2D eigenvalue weighted by Gasteiger charge is 2.37. The van der Waals surface area contributed by atoms with Gasteiger partial charge in [0.1, 0.15) is 0 Å². The van der Waals surface area contributed by atoms with Gasteiger partial charge in [0.05, 0.1) is 5.54 Å². The van der Waals surface area contributed by atoms with Gasteiger partial charge in [0, 0.05) is 18.8 Å². The van der Waals surface area contributed by atoms with Crippen molar-refractivity contribution in [2.24, 2.45) is 0 Å². The Morgan fingerprint density at radius 2 is 1.75 bits per heavy atom. The predicted molar refractivity (Wildman–Crippen MR) is 82.5 cm³/mol. The van der Waals surface area contributed by atoms with E-state index in [1.807, 2.05) is 43.0 Å². The number of anilines is 1. The Bertz CT molecular complexity index is 445. The molecule has 0 atom stereocenters. The van der Waals surface area contributed by atoms with Crippen LogP contribution in [0.4, 0.5) is 10.5 Å². The Morgan fingerprint density at radius 1 is 1.20 bits per heavy atom. The van der Waals surface area contributed by atoms with Crippen LogP contribution in [-0.4, -0.2) is 24.0 Å². The van der Waals surface area contributed by atoms with Crippen LogP contribution in [0.3, 0.4) is 0 Å². The number of carbonyl (C=O) groups excluding carboxylic acids is 1. The molecule has 0 aromatic heterocycles. The van der Waals surface area contributed by atoms with Gasteiger partial charge in [-0.05, 0) is 44.4 Å². The van der Waals surface area contributed by atoms with Crippen molar-refractivity contribution in [2.45, 2.75) is 45.1 Å². The van der Waals surface area contributed by atoms with Crippen LogP contribution in [0.15, 0.2) is 24.3 Å². The number of hydrogen-bond acceptors (Lipinski definition) is 2. The molecule has 4 heteroatoms. The minimum Gasteiger partial charge on any atom is -0.399 e. The molecule has 0 bridgehead atoms. The molecule has 1 aromatic carbocycles. The van der Waals surface area contributed by atoms with Gasteiger partial charge in [0.15, 0.2) is 0 Å². The summed E-state index contributed by atoms with van der Waals surface area (Å²) in [6, 6.07) is 7.96. The van der Waals surface area contributed by atoms with Crippen LogP contribution in [0.5, 0.6) is 0 Å². The minimum atomic E-state index is -0.215. The molecular formula is C16H25N3O. The standard InChI is InChI=1S/C16H25N3O/c1-3-19(4-2)15(20)18-16(11-5-6-12-16)13-7-9-14(17)10-8-13/h7-10H,3-6,11-12,17H2,1-2H3,(H,18,20). The lowest BCUT2D eigenvalue weighted by Crippen LogP contribution is -2.50. The first kappa shape index (κ1) is 14.7. The van der Waals surface area contributed by atoms with Gasteiger partial charge in [0.25, 0.3) is 0 Å².